The summed E-state index contributed by atoms with van der Waals surface area (Å²) >= 11 is 0. The molecule has 2 heterocycles. The number of nitrogens with zero attached hydrogens (tertiary/aromatic N) is 5. The Kier molecular flexibility index (Phi) is 2.77. The molecule has 0 spiro atoms. The van der Waals surface area contributed by atoms with Crippen LogP contribution in [0, 0.1) is 5.41 Å². The van der Waals surface area contributed by atoms with Crippen molar-refractivity contribution in [2.75, 3.05) is 0 Å². The highest BCUT2D eigenvalue weighted by atomic mass is 15.6. The summed E-state index contributed by atoms with van der Waals surface area (Å²) in [6.07, 6.45) is 5.32. The van der Waals surface area contributed by atoms with E-state index in [-0.39, 0.29) is 0 Å². The van der Waals surface area contributed by atoms with Crippen LogP contribution < -0.4 is 0 Å². The van der Waals surface area contributed by atoms with Gasteiger partial charge in [0.25, 0.3) is 0 Å². The molecule has 1 N–H and O–H groups in total. The van der Waals surface area contributed by atoms with Crippen molar-refractivity contribution in [3.05, 3.63) is 24.5 Å². The number of hydrogen-bond donors (Lipinski definition) is 1. The van der Waals surface area contributed by atoms with Crippen molar-refractivity contribution in [2.24, 2.45) is 0 Å². The minimum atomic E-state index is 0.585. The number of hydrogen-bond acceptors (Lipinski definition) is 5. The fourth-order valence-electron chi connectivity index (χ4n) is 1.13. The van der Waals surface area contributed by atoms with E-state index in [1.807, 2.05) is 12.1 Å². The van der Waals surface area contributed by atoms with E-state index >= 15 is 0 Å². The molecule has 0 aliphatic heterocycles. The van der Waals surface area contributed by atoms with Crippen molar-refractivity contribution in [1.29, 1.82) is 5.41 Å². The van der Waals surface area contributed by atoms with Crippen LogP contribution in [-0.4, -0.2) is 31.4 Å². The maximum absolute atomic E-state index is 6.90. The lowest BCUT2D eigenvalue weighted by atomic mass is 10.3. The number of tetrazole rings is 1. The first-order valence-corrected chi connectivity index (χ1v) is 4.57. The van der Waals surface area contributed by atoms with Crippen molar-refractivity contribution in [2.45, 2.75) is 13.0 Å². The van der Waals surface area contributed by atoms with Gasteiger partial charge in [0.2, 0.25) is 5.82 Å². The molecule has 0 saturated carbocycles. The van der Waals surface area contributed by atoms with E-state index in [1.54, 1.807) is 12.4 Å². The summed E-state index contributed by atoms with van der Waals surface area (Å²) in [4.78, 5) is 5.40. The number of aromatic nitrogens is 5. The van der Waals surface area contributed by atoms with E-state index in [9.17, 15) is 0 Å². The molecule has 0 saturated heterocycles. The smallest absolute Gasteiger partial charge is 0.205 e. The minimum Gasteiger partial charge on any atom is -0.313 e. The van der Waals surface area contributed by atoms with Gasteiger partial charge in [-0.05, 0) is 23.6 Å². The van der Waals surface area contributed by atoms with Crippen molar-refractivity contribution < 1.29 is 0 Å². The standard InChI is InChI=1S/C9H10N6/c10-4-1-7-15-13-9(12-14-15)8-2-5-11-6-3-8/h2-6,10H,1,7H2. The minimum absolute atomic E-state index is 0.585. The van der Waals surface area contributed by atoms with Crippen LogP contribution in [0.4, 0.5) is 0 Å². The fourth-order valence-corrected chi connectivity index (χ4v) is 1.13. The topological polar surface area (TPSA) is 80.3 Å². The lowest BCUT2D eigenvalue weighted by Crippen LogP contribution is -2.02. The number of pyridine rings is 1. The molecule has 6 heteroatoms. The summed E-state index contributed by atoms with van der Waals surface area (Å²) in [5, 5.41) is 18.9. The van der Waals surface area contributed by atoms with E-state index in [0.717, 1.165) is 5.56 Å². The SMILES string of the molecule is N=CCCn1nnc(-c2ccncc2)n1. The summed E-state index contributed by atoms with van der Waals surface area (Å²) < 4.78 is 0. The number of nitrogens with one attached hydrogen (secondary N) is 1. The Bertz CT molecular complexity index is 435. The molecule has 0 amide bonds. The average molecular weight is 202 g/mol. The lowest BCUT2D eigenvalue weighted by molar-refractivity contribution is 0.537. The molecule has 0 radical (unpaired) electrons. The lowest BCUT2D eigenvalue weighted by Gasteiger charge is -1.92. The van der Waals surface area contributed by atoms with E-state index in [4.69, 9.17) is 5.41 Å². The van der Waals surface area contributed by atoms with Crippen molar-refractivity contribution in [3.8, 4) is 11.4 Å². The van der Waals surface area contributed by atoms with Gasteiger partial charge in [0, 0.05) is 24.4 Å². The molecule has 15 heavy (non-hydrogen) atoms. The Hall–Kier alpha value is -2.11. The highest BCUT2D eigenvalue weighted by Gasteiger charge is 2.04. The highest BCUT2D eigenvalue weighted by Crippen LogP contribution is 2.10. The molecule has 76 valence electrons. The molecule has 0 bridgehead atoms. The van der Waals surface area contributed by atoms with Crippen molar-refractivity contribution in [3.63, 3.8) is 0 Å². The van der Waals surface area contributed by atoms with Gasteiger partial charge in [-0.1, -0.05) is 0 Å². The Labute approximate surface area is 86.5 Å². The summed E-state index contributed by atoms with van der Waals surface area (Å²) in [5.74, 6) is 0.586. The number of rotatable bonds is 4. The fraction of sp³-hybridized carbons (Fsp3) is 0.222. The monoisotopic (exact) mass is 202 g/mol. The quantitative estimate of drug-likeness (QED) is 0.743. The van der Waals surface area contributed by atoms with Gasteiger partial charge in [-0.25, -0.2) is 0 Å². The molecule has 0 aliphatic carbocycles. The first kappa shape index (κ1) is 9.45. The molecule has 0 fully saturated rings. The predicted molar refractivity (Wildman–Crippen MR) is 54.4 cm³/mol. The van der Waals surface area contributed by atoms with E-state index < -0.39 is 0 Å². The second-order valence-corrected chi connectivity index (χ2v) is 2.94. The van der Waals surface area contributed by atoms with Crippen molar-refractivity contribution >= 4 is 6.21 Å². The molecule has 2 aromatic heterocycles. The molecule has 0 aromatic carbocycles. The van der Waals surface area contributed by atoms with Crippen LogP contribution in [0.2, 0.25) is 0 Å². The first-order valence-electron chi connectivity index (χ1n) is 4.57. The van der Waals surface area contributed by atoms with Crippen LogP contribution in [-0.2, 0) is 6.54 Å². The highest BCUT2D eigenvalue weighted by molar-refractivity contribution is 5.53. The average Bonchev–Trinajstić information content (AvgIpc) is 2.76. The molecular weight excluding hydrogens is 192 g/mol. The third-order valence-electron chi connectivity index (χ3n) is 1.86. The zero-order valence-corrected chi connectivity index (χ0v) is 8.04. The van der Waals surface area contributed by atoms with E-state index in [1.165, 1.54) is 11.0 Å². The summed E-state index contributed by atoms with van der Waals surface area (Å²) in [7, 11) is 0. The van der Waals surface area contributed by atoms with Crippen LogP contribution in [0.25, 0.3) is 11.4 Å². The van der Waals surface area contributed by atoms with Crippen LogP contribution >= 0.6 is 0 Å². The predicted octanol–water partition coefficient (Wildman–Crippen LogP) is 0.775. The molecule has 2 rings (SSSR count). The second-order valence-electron chi connectivity index (χ2n) is 2.94. The van der Waals surface area contributed by atoms with E-state index in [2.05, 4.69) is 20.4 Å². The van der Waals surface area contributed by atoms with Gasteiger partial charge < -0.3 is 5.41 Å². The van der Waals surface area contributed by atoms with Crippen molar-refractivity contribution in [1.82, 2.24) is 25.2 Å². The maximum Gasteiger partial charge on any atom is 0.205 e. The Balaban J connectivity index is 2.17. The molecule has 0 unspecified atom stereocenters. The van der Waals surface area contributed by atoms with Gasteiger partial charge in [0.1, 0.15) is 0 Å². The van der Waals surface area contributed by atoms with Crippen LogP contribution in [0.1, 0.15) is 6.42 Å². The van der Waals surface area contributed by atoms with Crippen LogP contribution in [0.5, 0.6) is 0 Å². The molecular formula is C9H10N6. The Morgan fingerprint density at radius 1 is 1.33 bits per heavy atom. The maximum atomic E-state index is 6.90. The molecule has 6 nitrogen and oxygen atoms in total. The van der Waals surface area contributed by atoms with Gasteiger partial charge >= 0.3 is 0 Å². The summed E-state index contributed by atoms with van der Waals surface area (Å²) in [5.41, 5.74) is 0.895. The van der Waals surface area contributed by atoms with Gasteiger partial charge in [0.15, 0.2) is 0 Å². The summed E-state index contributed by atoms with van der Waals surface area (Å²) in [6, 6.07) is 3.66. The van der Waals surface area contributed by atoms with Gasteiger partial charge in [-0.15, -0.1) is 10.2 Å². The van der Waals surface area contributed by atoms with Gasteiger partial charge in [0.05, 0.1) is 6.54 Å². The van der Waals surface area contributed by atoms with Gasteiger partial charge in [-0.2, -0.15) is 4.80 Å². The molecule has 2 aromatic rings. The molecule has 0 atom stereocenters. The Morgan fingerprint density at radius 3 is 2.87 bits per heavy atom. The normalized spacial score (nSPS) is 10.1. The second kappa shape index (κ2) is 4.41. The molecule has 0 aliphatic rings. The van der Waals surface area contributed by atoms with Crippen LogP contribution in [0.3, 0.4) is 0 Å². The zero-order valence-electron chi connectivity index (χ0n) is 8.04. The third-order valence-corrected chi connectivity index (χ3v) is 1.86. The first-order chi connectivity index (χ1) is 7.40. The third kappa shape index (κ3) is 2.22. The number of aryl methyl sites for hydroxylation is 1. The summed E-state index contributed by atoms with van der Waals surface area (Å²) in [6.45, 7) is 0.585. The zero-order chi connectivity index (χ0) is 10.5. The van der Waals surface area contributed by atoms with Crippen LogP contribution in [0.15, 0.2) is 24.5 Å². The van der Waals surface area contributed by atoms with Gasteiger partial charge in [-0.3, -0.25) is 4.98 Å². The largest absolute Gasteiger partial charge is 0.313 e. The Morgan fingerprint density at radius 2 is 2.13 bits per heavy atom. The van der Waals surface area contributed by atoms with E-state index in [0.29, 0.717) is 18.8 Å².